The van der Waals surface area contributed by atoms with Crippen LogP contribution in [0.4, 0.5) is 11.4 Å². The summed E-state index contributed by atoms with van der Waals surface area (Å²) in [6, 6.07) is 18.8. The van der Waals surface area contributed by atoms with E-state index in [1.54, 1.807) is 66.7 Å². The number of carbonyl (C=O) groups excluding carboxylic acids is 2. The van der Waals surface area contributed by atoms with Gasteiger partial charge < -0.3 is 10.6 Å². The molecule has 0 aliphatic heterocycles. The fraction of sp³-hybridized carbons (Fsp3) is 0. The van der Waals surface area contributed by atoms with Crippen molar-refractivity contribution in [3.8, 4) is 0 Å². The molecule has 0 spiro atoms. The predicted octanol–water partition coefficient (Wildman–Crippen LogP) is 5.42. The summed E-state index contributed by atoms with van der Waals surface area (Å²) in [4.78, 5) is 26.3. The number of benzene rings is 3. The van der Waals surface area contributed by atoms with Crippen LogP contribution in [0.1, 0.15) is 20.7 Å². The summed E-state index contributed by atoms with van der Waals surface area (Å²) in [6.45, 7) is 0. The Morgan fingerprint density at radius 3 is 1.78 bits per heavy atom. The third-order valence-corrected chi connectivity index (χ3v) is 4.89. The zero-order chi connectivity index (χ0) is 19.4. The maximum atomic E-state index is 12.6. The van der Waals surface area contributed by atoms with Crippen LogP contribution in [0.5, 0.6) is 0 Å². The lowest BCUT2D eigenvalue weighted by molar-refractivity contribution is 0.101. The summed E-state index contributed by atoms with van der Waals surface area (Å²) in [5, 5.41) is 5.83. The molecule has 0 fully saturated rings. The number of rotatable bonds is 4. The quantitative estimate of drug-likeness (QED) is 0.431. The molecule has 4 nitrogen and oxygen atoms in total. The molecule has 136 valence electrons. The number of thiol groups is 2. The van der Waals surface area contributed by atoms with E-state index in [9.17, 15) is 9.59 Å². The van der Waals surface area contributed by atoms with E-state index in [0.29, 0.717) is 37.3 Å². The SMILES string of the molecule is O=C(Nc1cccc(Cl)c1NC(=O)c1ccccc1S)c1ccccc1S. The Labute approximate surface area is 172 Å². The predicted molar refractivity (Wildman–Crippen MR) is 115 cm³/mol. The van der Waals surface area contributed by atoms with Crippen LogP contribution >= 0.6 is 36.9 Å². The minimum absolute atomic E-state index is 0.303. The highest BCUT2D eigenvalue weighted by Gasteiger charge is 2.17. The molecular formula is C20H15ClN2O2S2. The van der Waals surface area contributed by atoms with Crippen LogP contribution in [-0.2, 0) is 0 Å². The molecule has 7 heteroatoms. The molecule has 2 N–H and O–H groups in total. The molecule has 2 amide bonds. The summed E-state index contributed by atoms with van der Waals surface area (Å²) in [6.07, 6.45) is 0. The number of nitrogens with one attached hydrogen (secondary N) is 2. The van der Waals surface area contributed by atoms with E-state index in [0.717, 1.165) is 0 Å². The number of halogens is 1. The second-order valence-corrected chi connectivity index (χ2v) is 6.98. The largest absolute Gasteiger partial charge is 0.320 e. The molecule has 0 aromatic heterocycles. The van der Waals surface area contributed by atoms with Crippen molar-refractivity contribution in [1.82, 2.24) is 0 Å². The van der Waals surface area contributed by atoms with Crippen LogP contribution < -0.4 is 10.6 Å². The van der Waals surface area contributed by atoms with Gasteiger partial charge in [-0.05, 0) is 36.4 Å². The van der Waals surface area contributed by atoms with Gasteiger partial charge in [0, 0.05) is 9.79 Å². The van der Waals surface area contributed by atoms with Crippen molar-refractivity contribution in [2.45, 2.75) is 9.79 Å². The molecule has 0 unspecified atom stereocenters. The highest BCUT2D eigenvalue weighted by molar-refractivity contribution is 7.80. The number of anilines is 2. The van der Waals surface area contributed by atoms with Crippen LogP contribution in [0.3, 0.4) is 0 Å². The Kier molecular flexibility index (Phi) is 6.11. The molecule has 0 saturated heterocycles. The van der Waals surface area contributed by atoms with Crippen molar-refractivity contribution >= 4 is 60.0 Å². The first-order valence-electron chi connectivity index (χ1n) is 7.94. The molecule has 3 rings (SSSR count). The fourth-order valence-corrected chi connectivity index (χ4v) is 3.20. The molecule has 0 atom stereocenters. The molecule has 0 radical (unpaired) electrons. The van der Waals surface area contributed by atoms with Crippen LogP contribution in [-0.4, -0.2) is 11.8 Å². The molecular weight excluding hydrogens is 400 g/mol. The zero-order valence-corrected chi connectivity index (χ0v) is 16.5. The topological polar surface area (TPSA) is 58.2 Å². The van der Waals surface area contributed by atoms with Crippen molar-refractivity contribution in [2.75, 3.05) is 10.6 Å². The van der Waals surface area contributed by atoms with E-state index in [1.165, 1.54) is 0 Å². The van der Waals surface area contributed by atoms with Crippen LogP contribution in [0.25, 0.3) is 0 Å². The Hall–Kier alpha value is -2.41. The third kappa shape index (κ3) is 4.47. The van der Waals surface area contributed by atoms with E-state index in [1.807, 2.05) is 0 Å². The lowest BCUT2D eigenvalue weighted by Gasteiger charge is -2.15. The molecule has 3 aromatic carbocycles. The number of carbonyl (C=O) groups is 2. The van der Waals surface area contributed by atoms with E-state index in [2.05, 4.69) is 35.9 Å². The van der Waals surface area contributed by atoms with E-state index < -0.39 is 0 Å². The van der Waals surface area contributed by atoms with Gasteiger partial charge in [0.15, 0.2) is 0 Å². The minimum atomic E-state index is -0.376. The van der Waals surface area contributed by atoms with E-state index >= 15 is 0 Å². The second-order valence-electron chi connectivity index (χ2n) is 5.60. The lowest BCUT2D eigenvalue weighted by atomic mass is 10.1. The minimum Gasteiger partial charge on any atom is -0.320 e. The van der Waals surface area contributed by atoms with Gasteiger partial charge >= 0.3 is 0 Å². The zero-order valence-electron chi connectivity index (χ0n) is 13.9. The Morgan fingerprint density at radius 1 is 0.704 bits per heavy atom. The van der Waals surface area contributed by atoms with Crippen LogP contribution in [0.2, 0.25) is 5.02 Å². The summed E-state index contributed by atoms with van der Waals surface area (Å²) in [5.41, 5.74) is 1.51. The molecule has 27 heavy (non-hydrogen) atoms. The van der Waals surface area contributed by atoms with Gasteiger partial charge in [-0.3, -0.25) is 9.59 Å². The first kappa shape index (κ1) is 19.4. The summed E-state index contributed by atoms with van der Waals surface area (Å²) in [5.74, 6) is -0.730. The summed E-state index contributed by atoms with van der Waals surface area (Å²) in [7, 11) is 0. The first-order chi connectivity index (χ1) is 13.0. The molecule has 0 saturated carbocycles. The van der Waals surface area contributed by atoms with Gasteiger partial charge in [0.05, 0.1) is 27.5 Å². The number of para-hydroxylation sites is 1. The molecule has 0 heterocycles. The van der Waals surface area contributed by atoms with Crippen LogP contribution in [0.15, 0.2) is 76.5 Å². The maximum absolute atomic E-state index is 12.6. The number of hydrogen-bond donors (Lipinski definition) is 4. The van der Waals surface area contributed by atoms with Gasteiger partial charge in [0.25, 0.3) is 11.8 Å². The highest BCUT2D eigenvalue weighted by Crippen LogP contribution is 2.32. The van der Waals surface area contributed by atoms with Gasteiger partial charge in [0.1, 0.15) is 0 Å². The average Bonchev–Trinajstić information content (AvgIpc) is 2.65. The Balaban J connectivity index is 1.89. The number of hydrogen-bond acceptors (Lipinski definition) is 4. The average molecular weight is 415 g/mol. The van der Waals surface area contributed by atoms with Gasteiger partial charge in [0.2, 0.25) is 0 Å². The monoisotopic (exact) mass is 414 g/mol. The van der Waals surface area contributed by atoms with Crippen molar-refractivity contribution in [3.05, 3.63) is 82.9 Å². The van der Waals surface area contributed by atoms with Crippen molar-refractivity contribution in [3.63, 3.8) is 0 Å². The van der Waals surface area contributed by atoms with Gasteiger partial charge in [-0.25, -0.2) is 0 Å². The van der Waals surface area contributed by atoms with Gasteiger partial charge in [-0.2, -0.15) is 0 Å². The standard InChI is InChI=1S/C20H15ClN2O2S2/c21-14-8-5-9-15(22-19(24)12-6-1-3-10-16(12)26)18(14)23-20(25)13-7-2-4-11-17(13)27/h1-11,26-27H,(H,22,24)(H,23,25). The Morgan fingerprint density at radius 2 is 1.22 bits per heavy atom. The molecule has 0 aliphatic rings. The summed E-state index contributed by atoms with van der Waals surface area (Å²) < 4.78 is 0. The molecule has 0 aliphatic carbocycles. The fourth-order valence-electron chi connectivity index (χ4n) is 2.46. The lowest BCUT2D eigenvalue weighted by Crippen LogP contribution is -2.17. The molecule has 3 aromatic rings. The first-order valence-corrected chi connectivity index (χ1v) is 9.22. The highest BCUT2D eigenvalue weighted by atomic mass is 35.5. The van der Waals surface area contributed by atoms with E-state index in [-0.39, 0.29) is 11.8 Å². The maximum Gasteiger partial charge on any atom is 0.256 e. The second kappa shape index (κ2) is 8.52. The normalized spacial score (nSPS) is 10.3. The smallest absolute Gasteiger partial charge is 0.256 e. The van der Waals surface area contributed by atoms with Crippen LogP contribution in [0, 0.1) is 0 Å². The van der Waals surface area contributed by atoms with Gasteiger partial charge in [-0.1, -0.05) is 41.9 Å². The molecule has 0 bridgehead atoms. The van der Waals surface area contributed by atoms with E-state index in [4.69, 9.17) is 11.6 Å². The third-order valence-electron chi connectivity index (χ3n) is 3.80. The van der Waals surface area contributed by atoms with Crippen molar-refractivity contribution in [2.24, 2.45) is 0 Å². The Bertz CT molecular complexity index is 1020. The number of amides is 2. The van der Waals surface area contributed by atoms with Crippen molar-refractivity contribution in [1.29, 1.82) is 0 Å². The van der Waals surface area contributed by atoms with Crippen molar-refractivity contribution < 1.29 is 9.59 Å². The summed E-state index contributed by atoms with van der Waals surface area (Å²) >= 11 is 14.9. The van der Waals surface area contributed by atoms with Gasteiger partial charge in [-0.15, -0.1) is 25.3 Å².